The van der Waals surface area contributed by atoms with Gasteiger partial charge < -0.3 is 15.4 Å². The Morgan fingerprint density at radius 1 is 1.40 bits per heavy atom. The van der Waals surface area contributed by atoms with Crippen LogP contribution in [0.5, 0.6) is 5.75 Å². The molecule has 0 aromatic heterocycles. The monoisotopic (exact) mass is 276 g/mol. The van der Waals surface area contributed by atoms with Crippen LogP contribution in [0.2, 0.25) is 0 Å². The Hall–Kier alpha value is -1.55. The molecule has 110 valence electrons. The summed E-state index contributed by atoms with van der Waals surface area (Å²) in [5.74, 6) is 1.48. The van der Waals surface area contributed by atoms with Crippen LogP contribution in [0.25, 0.3) is 0 Å². The minimum absolute atomic E-state index is 0.0923. The van der Waals surface area contributed by atoms with E-state index < -0.39 is 0 Å². The van der Waals surface area contributed by atoms with Crippen molar-refractivity contribution in [3.8, 4) is 5.75 Å². The fourth-order valence-corrected chi connectivity index (χ4v) is 2.50. The van der Waals surface area contributed by atoms with Crippen molar-refractivity contribution < 1.29 is 9.53 Å². The molecule has 1 aliphatic rings. The fraction of sp³-hybridized carbons (Fsp3) is 0.562. The van der Waals surface area contributed by atoms with Crippen LogP contribution in [0.1, 0.15) is 25.8 Å². The predicted molar refractivity (Wildman–Crippen MR) is 79.9 cm³/mol. The van der Waals surface area contributed by atoms with Crippen LogP contribution in [0.3, 0.4) is 0 Å². The maximum atomic E-state index is 12.1. The second-order valence-electron chi connectivity index (χ2n) is 5.40. The highest BCUT2D eigenvalue weighted by Crippen LogP contribution is 2.14. The van der Waals surface area contributed by atoms with E-state index in [1.54, 1.807) is 0 Å². The molecule has 2 atom stereocenters. The largest absolute Gasteiger partial charge is 0.494 e. The van der Waals surface area contributed by atoms with Crippen LogP contribution in [0, 0.1) is 5.92 Å². The molecule has 2 N–H and O–H groups in total. The molecule has 0 bridgehead atoms. The van der Waals surface area contributed by atoms with Gasteiger partial charge in [0.1, 0.15) is 5.75 Å². The SMILES string of the molecule is CCOc1ccc(CC(=O)NC2CNCCC2C)cc1. The quantitative estimate of drug-likeness (QED) is 0.861. The first-order valence-corrected chi connectivity index (χ1v) is 7.41. The summed E-state index contributed by atoms with van der Waals surface area (Å²) < 4.78 is 5.39. The van der Waals surface area contributed by atoms with Gasteiger partial charge in [-0.15, -0.1) is 0 Å². The van der Waals surface area contributed by atoms with Crippen molar-refractivity contribution in [2.24, 2.45) is 5.92 Å². The summed E-state index contributed by atoms with van der Waals surface area (Å²) in [4.78, 5) is 12.1. The number of amides is 1. The Balaban J connectivity index is 1.84. The first-order valence-electron chi connectivity index (χ1n) is 7.41. The van der Waals surface area contributed by atoms with Crippen molar-refractivity contribution in [1.29, 1.82) is 0 Å². The standard InChI is InChI=1S/C16H24N2O2/c1-3-20-14-6-4-13(5-7-14)10-16(19)18-15-11-17-9-8-12(15)2/h4-7,12,15,17H,3,8-11H2,1-2H3,(H,18,19). The summed E-state index contributed by atoms with van der Waals surface area (Å²) >= 11 is 0. The van der Waals surface area contributed by atoms with Crippen LogP contribution in [0.4, 0.5) is 0 Å². The van der Waals surface area contributed by atoms with Crippen molar-refractivity contribution >= 4 is 5.91 Å². The highest BCUT2D eigenvalue weighted by Gasteiger charge is 2.22. The molecule has 4 nitrogen and oxygen atoms in total. The highest BCUT2D eigenvalue weighted by molar-refractivity contribution is 5.79. The van der Waals surface area contributed by atoms with Gasteiger partial charge in [-0.3, -0.25) is 4.79 Å². The van der Waals surface area contributed by atoms with Gasteiger partial charge in [0.2, 0.25) is 5.91 Å². The number of piperidine rings is 1. The molecule has 20 heavy (non-hydrogen) atoms. The predicted octanol–water partition coefficient (Wildman–Crippen LogP) is 1.74. The second-order valence-corrected chi connectivity index (χ2v) is 5.40. The Kier molecular flexibility index (Phi) is 5.41. The van der Waals surface area contributed by atoms with E-state index >= 15 is 0 Å². The van der Waals surface area contributed by atoms with Gasteiger partial charge >= 0.3 is 0 Å². The Labute approximate surface area is 120 Å². The molecular weight excluding hydrogens is 252 g/mol. The number of hydrogen-bond donors (Lipinski definition) is 2. The van der Waals surface area contributed by atoms with E-state index in [-0.39, 0.29) is 11.9 Å². The molecule has 0 aliphatic carbocycles. The summed E-state index contributed by atoms with van der Waals surface area (Å²) in [6.45, 7) is 6.73. The summed E-state index contributed by atoms with van der Waals surface area (Å²) in [5, 5.41) is 6.45. The molecule has 0 saturated carbocycles. The van der Waals surface area contributed by atoms with Crippen molar-refractivity contribution in [2.75, 3.05) is 19.7 Å². The van der Waals surface area contributed by atoms with Crippen molar-refractivity contribution in [3.05, 3.63) is 29.8 Å². The zero-order valence-electron chi connectivity index (χ0n) is 12.3. The number of carbonyl (C=O) groups is 1. The van der Waals surface area contributed by atoms with E-state index in [4.69, 9.17) is 4.74 Å². The molecule has 2 unspecified atom stereocenters. The van der Waals surface area contributed by atoms with E-state index in [0.29, 0.717) is 18.9 Å². The third-order valence-corrected chi connectivity index (χ3v) is 3.77. The molecule has 1 aliphatic heterocycles. The summed E-state index contributed by atoms with van der Waals surface area (Å²) in [6.07, 6.45) is 1.55. The van der Waals surface area contributed by atoms with E-state index in [9.17, 15) is 4.79 Å². The van der Waals surface area contributed by atoms with Crippen molar-refractivity contribution in [2.45, 2.75) is 32.7 Å². The van der Waals surface area contributed by atoms with Crippen LogP contribution in [-0.2, 0) is 11.2 Å². The van der Waals surface area contributed by atoms with Gasteiger partial charge in [-0.25, -0.2) is 0 Å². The van der Waals surface area contributed by atoms with E-state index in [1.165, 1.54) is 0 Å². The Bertz CT molecular complexity index is 431. The van der Waals surface area contributed by atoms with Crippen LogP contribution < -0.4 is 15.4 Å². The molecule has 4 heteroatoms. The van der Waals surface area contributed by atoms with Gasteiger partial charge in [0.25, 0.3) is 0 Å². The van der Waals surface area contributed by atoms with Gasteiger partial charge in [-0.1, -0.05) is 19.1 Å². The number of carbonyl (C=O) groups excluding carboxylic acids is 1. The number of benzene rings is 1. The third kappa shape index (κ3) is 4.23. The lowest BCUT2D eigenvalue weighted by Crippen LogP contribution is -2.50. The second kappa shape index (κ2) is 7.29. The zero-order chi connectivity index (χ0) is 14.4. The maximum absolute atomic E-state index is 12.1. The Morgan fingerprint density at radius 2 is 2.15 bits per heavy atom. The third-order valence-electron chi connectivity index (χ3n) is 3.77. The summed E-state index contributed by atoms with van der Waals surface area (Å²) in [5.41, 5.74) is 1.02. The highest BCUT2D eigenvalue weighted by atomic mass is 16.5. The van der Waals surface area contributed by atoms with Crippen molar-refractivity contribution in [1.82, 2.24) is 10.6 Å². The molecule has 1 saturated heterocycles. The fourth-order valence-electron chi connectivity index (χ4n) is 2.50. The van der Waals surface area contributed by atoms with Gasteiger partial charge in [0.05, 0.1) is 13.0 Å². The molecule has 1 fully saturated rings. The lowest BCUT2D eigenvalue weighted by atomic mass is 9.94. The van der Waals surface area contributed by atoms with Gasteiger partial charge in [0, 0.05) is 12.6 Å². The average Bonchev–Trinajstić information content (AvgIpc) is 2.44. The molecule has 2 rings (SSSR count). The van der Waals surface area contributed by atoms with Crippen LogP contribution in [-0.4, -0.2) is 31.6 Å². The first-order chi connectivity index (χ1) is 9.69. The summed E-state index contributed by atoms with van der Waals surface area (Å²) in [6, 6.07) is 7.98. The molecule has 1 heterocycles. The molecule has 1 amide bonds. The number of nitrogens with one attached hydrogen (secondary N) is 2. The first kappa shape index (κ1) is 14.9. The molecule has 0 spiro atoms. The van der Waals surface area contributed by atoms with Crippen LogP contribution in [0.15, 0.2) is 24.3 Å². The topological polar surface area (TPSA) is 50.4 Å². The lowest BCUT2D eigenvalue weighted by Gasteiger charge is -2.30. The maximum Gasteiger partial charge on any atom is 0.224 e. The Morgan fingerprint density at radius 3 is 2.80 bits per heavy atom. The average molecular weight is 276 g/mol. The lowest BCUT2D eigenvalue weighted by molar-refractivity contribution is -0.121. The van der Waals surface area contributed by atoms with E-state index in [2.05, 4.69) is 17.6 Å². The van der Waals surface area contributed by atoms with Gasteiger partial charge in [-0.05, 0) is 43.5 Å². The minimum Gasteiger partial charge on any atom is -0.494 e. The van der Waals surface area contributed by atoms with Crippen molar-refractivity contribution in [3.63, 3.8) is 0 Å². The van der Waals surface area contributed by atoms with E-state index in [1.807, 2.05) is 31.2 Å². The minimum atomic E-state index is 0.0923. The molecule has 1 aromatic rings. The van der Waals surface area contributed by atoms with Gasteiger partial charge in [0.15, 0.2) is 0 Å². The van der Waals surface area contributed by atoms with Crippen LogP contribution >= 0.6 is 0 Å². The van der Waals surface area contributed by atoms with E-state index in [0.717, 1.165) is 30.8 Å². The number of ether oxygens (including phenoxy) is 1. The number of hydrogen-bond acceptors (Lipinski definition) is 3. The molecule has 1 aromatic carbocycles. The van der Waals surface area contributed by atoms with Gasteiger partial charge in [-0.2, -0.15) is 0 Å². The normalized spacial score (nSPS) is 22.3. The summed E-state index contributed by atoms with van der Waals surface area (Å²) in [7, 11) is 0. The molecule has 0 radical (unpaired) electrons. The smallest absolute Gasteiger partial charge is 0.224 e. The molecular formula is C16H24N2O2. The number of rotatable bonds is 5. The zero-order valence-corrected chi connectivity index (χ0v) is 12.3.